The molecule has 0 saturated carbocycles. The van der Waals surface area contributed by atoms with Crippen LogP contribution in [-0.2, 0) is 14.4 Å². The summed E-state index contributed by atoms with van der Waals surface area (Å²) in [6, 6.07) is -1.40. The quantitative estimate of drug-likeness (QED) is 0.322. The standard InChI is InChI=1S/C4H7NO4.C3H4O2.Na/c5-2(4(8)9)1-3(6)7;1-2-3(4)5;/h2H,1,5H2,(H,6,7)(H,8,9);2H,1H2,(H,4,5);/q;;+1/p-1/t2-;;/m0../s1. The van der Waals surface area contributed by atoms with Crippen molar-refractivity contribution < 1.29 is 59.3 Å². The molecule has 8 heteroatoms. The zero-order valence-electron chi connectivity index (χ0n) is 8.17. The van der Waals surface area contributed by atoms with Gasteiger partial charge in [0, 0.05) is 6.08 Å². The van der Waals surface area contributed by atoms with E-state index in [0.717, 1.165) is 6.08 Å². The number of carboxylic acids is 3. The molecule has 0 aromatic rings. The van der Waals surface area contributed by atoms with Gasteiger partial charge in [-0.2, -0.15) is 0 Å². The van der Waals surface area contributed by atoms with Crippen molar-refractivity contribution in [3.05, 3.63) is 12.7 Å². The molecule has 0 aliphatic rings. The number of carboxylic acid groups (broad SMARTS) is 3. The van der Waals surface area contributed by atoms with Crippen LogP contribution in [0.4, 0.5) is 0 Å². The minimum atomic E-state index is -1.54. The van der Waals surface area contributed by atoms with Gasteiger partial charge in [-0.25, -0.2) is 4.79 Å². The predicted molar refractivity (Wildman–Crippen MR) is 43.1 cm³/mol. The smallest absolute Gasteiger partial charge is 0.548 e. The Morgan fingerprint density at radius 2 is 1.73 bits per heavy atom. The summed E-state index contributed by atoms with van der Waals surface area (Å²) in [6.45, 7) is 2.96. The molecule has 0 saturated heterocycles. The number of aliphatic carboxylic acids is 3. The van der Waals surface area contributed by atoms with Gasteiger partial charge in [-0.05, 0) is 0 Å². The maximum absolute atomic E-state index is 9.74. The van der Waals surface area contributed by atoms with Crippen LogP contribution in [0.2, 0.25) is 0 Å². The first-order valence-corrected chi connectivity index (χ1v) is 3.34. The van der Waals surface area contributed by atoms with Gasteiger partial charge in [0.25, 0.3) is 0 Å². The first-order chi connectivity index (χ1) is 6.31. The van der Waals surface area contributed by atoms with E-state index in [0.29, 0.717) is 0 Å². The summed E-state index contributed by atoms with van der Waals surface area (Å²) in [5.74, 6) is -3.77. The van der Waals surface area contributed by atoms with E-state index < -0.39 is 30.4 Å². The molecule has 0 unspecified atom stereocenters. The van der Waals surface area contributed by atoms with E-state index in [9.17, 15) is 19.5 Å². The van der Waals surface area contributed by atoms with E-state index >= 15 is 0 Å². The third-order valence-electron chi connectivity index (χ3n) is 0.872. The summed E-state index contributed by atoms with van der Waals surface area (Å²) >= 11 is 0. The van der Waals surface area contributed by atoms with Gasteiger partial charge < -0.3 is 25.8 Å². The molecular weight excluding hydrogens is 217 g/mol. The Morgan fingerprint density at radius 1 is 1.40 bits per heavy atom. The minimum absolute atomic E-state index is 0. The Morgan fingerprint density at radius 3 is 1.80 bits per heavy atom. The van der Waals surface area contributed by atoms with Crippen molar-refractivity contribution in [2.24, 2.45) is 5.73 Å². The van der Waals surface area contributed by atoms with Crippen LogP contribution in [0.5, 0.6) is 0 Å². The molecule has 0 radical (unpaired) electrons. The van der Waals surface area contributed by atoms with Crippen LogP contribution in [0.25, 0.3) is 0 Å². The van der Waals surface area contributed by atoms with E-state index in [-0.39, 0.29) is 29.6 Å². The minimum Gasteiger partial charge on any atom is -0.548 e. The molecule has 0 spiro atoms. The van der Waals surface area contributed by atoms with Crippen molar-refractivity contribution >= 4 is 17.9 Å². The van der Waals surface area contributed by atoms with Gasteiger partial charge >= 0.3 is 41.5 Å². The Labute approximate surface area is 108 Å². The average Bonchev–Trinajstić information content (AvgIpc) is 2.04. The Kier molecular flexibility index (Phi) is 14.7. The Hall–Kier alpha value is -0.890. The number of carbonyl (C=O) groups is 3. The molecule has 15 heavy (non-hydrogen) atoms. The van der Waals surface area contributed by atoms with Crippen molar-refractivity contribution in [1.29, 1.82) is 0 Å². The largest absolute Gasteiger partial charge is 1.00 e. The van der Waals surface area contributed by atoms with E-state index in [4.69, 9.17) is 15.9 Å². The van der Waals surface area contributed by atoms with Gasteiger partial charge in [0.2, 0.25) is 0 Å². The van der Waals surface area contributed by atoms with Crippen LogP contribution >= 0.6 is 0 Å². The first kappa shape index (κ1) is 19.6. The maximum atomic E-state index is 9.74. The molecule has 0 amide bonds. The fourth-order valence-corrected chi connectivity index (χ4v) is 0.271. The van der Waals surface area contributed by atoms with E-state index in [1.807, 2.05) is 0 Å². The van der Waals surface area contributed by atoms with Gasteiger partial charge in [0.15, 0.2) is 0 Å². The summed E-state index contributed by atoms with van der Waals surface area (Å²) in [5, 5.41) is 25.3. The van der Waals surface area contributed by atoms with Crippen LogP contribution in [0.15, 0.2) is 12.7 Å². The predicted octanol–water partition coefficient (Wildman–Crippen LogP) is -5.20. The molecular formula is C7H10NNaO6. The van der Waals surface area contributed by atoms with Crippen molar-refractivity contribution in [3.63, 3.8) is 0 Å². The SMILES string of the molecule is C=CC(=O)O.N[C@@H](CC(=O)O)C(=O)[O-].[Na+]. The molecule has 0 fully saturated rings. The summed E-state index contributed by atoms with van der Waals surface area (Å²) in [4.78, 5) is 28.7. The Bertz CT molecular complexity index is 242. The number of hydrogen-bond acceptors (Lipinski definition) is 5. The summed E-state index contributed by atoms with van der Waals surface area (Å²) in [5.41, 5.74) is 4.77. The zero-order chi connectivity index (χ0) is 11.7. The van der Waals surface area contributed by atoms with Crippen LogP contribution in [0.1, 0.15) is 6.42 Å². The van der Waals surface area contributed by atoms with Crippen molar-refractivity contribution in [1.82, 2.24) is 0 Å². The molecule has 0 aromatic carbocycles. The van der Waals surface area contributed by atoms with Crippen molar-refractivity contribution in [3.8, 4) is 0 Å². The zero-order valence-corrected chi connectivity index (χ0v) is 10.2. The monoisotopic (exact) mass is 227 g/mol. The van der Waals surface area contributed by atoms with Gasteiger partial charge in [-0.3, -0.25) is 4.79 Å². The summed E-state index contributed by atoms with van der Waals surface area (Å²) in [7, 11) is 0. The summed E-state index contributed by atoms with van der Waals surface area (Å²) < 4.78 is 0. The molecule has 7 nitrogen and oxygen atoms in total. The number of carbonyl (C=O) groups excluding carboxylic acids is 1. The molecule has 0 bridgehead atoms. The van der Waals surface area contributed by atoms with Crippen molar-refractivity contribution in [2.45, 2.75) is 12.5 Å². The fourth-order valence-electron chi connectivity index (χ4n) is 0.271. The van der Waals surface area contributed by atoms with Gasteiger partial charge in [-0.1, -0.05) is 6.58 Å². The molecule has 4 N–H and O–H groups in total. The molecule has 80 valence electrons. The molecule has 0 aromatic heterocycles. The second kappa shape index (κ2) is 11.2. The van der Waals surface area contributed by atoms with Gasteiger partial charge in [0.1, 0.15) is 0 Å². The van der Waals surface area contributed by atoms with Crippen LogP contribution in [-0.4, -0.2) is 34.2 Å². The van der Waals surface area contributed by atoms with E-state index in [2.05, 4.69) is 6.58 Å². The number of rotatable bonds is 4. The van der Waals surface area contributed by atoms with Crippen LogP contribution in [0, 0.1) is 0 Å². The second-order valence-corrected chi connectivity index (χ2v) is 2.07. The van der Waals surface area contributed by atoms with Gasteiger partial charge in [-0.15, -0.1) is 0 Å². The van der Waals surface area contributed by atoms with Crippen LogP contribution < -0.4 is 40.4 Å². The molecule has 0 aliphatic carbocycles. The third kappa shape index (κ3) is 19.5. The van der Waals surface area contributed by atoms with Gasteiger partial charge in [0.05, 0.1) is 18.4 Å². The Balaban J connectivity index is -0.000000208. The third-order valence-corrected chi connectivity index (χ3v) is 0.872. The molecule has 0 aliphatic heterocycles. The normalized spacial score (nSPS) is 9.67. The van der Waals surface area contributed by atoms with E-state index in [1.54, 1.807) is 0 Å². The average molecular weight is 227 g/mol. The number of hydrogen-bond donors (Lipinski definition) is 3. The molecule has 1 atom stereocenters. The fraction of sp³-hybridized carbons (Fsp3) is 0.286. The topological polar surface area (TPSA) is 141 Å². The molecule has 0 rings (SSSR count). The first-order valence-electron chi connectivity index (χ1n) is 3.34. The van der Waals surface area contributed by atoms with Crippen LogP contribution in [0.3, 0.4) is 0 Å². The van der Waals surface area contributed by atoms with E-state index in [1.165, 1.54) is 0 Å². The maximum Gasteiger partial charge on any atom is 1.00 e. The summed E-state index contributed by atoms with van der Waals surface area (Å²) in [6.07, 6.45) is 0.238. The van der Waals surface area contributed by atoms with Crippen molar-refractivity contribution in [2.75, 3.05) is 0 Å². The second-order valence-electron chi connectivity index (χ2n) is 2.07. The molecule has 0 heterocycles. The number of nitrogens with two attached hydrogens (primary N) is 1.